The molecule has 0 fully saturated rings. The Balaban J connectivity index is 0.996. The summed E-state index contributed by atoms with van der Waals surface area (Å²) in [7, 11) is 0. The molecule has 3 aliphatic rings. The average Bonchev–Trinajstić information content (AvgIpc) is 3.89. The van der Waals surface area contributed by atoms with E-state index < -0.39 is 51.8 Å². The smallest absolute Gasteiger partial charge is 0.197 e. The van der Waals surface area contributed by atoms with Crippen LogP contribution in [0.25, 0.3) is 52.5 Å². The summed E-state index contributed by atoms with van der Waals surface area (Å²) in [5.41, 5.74) is 1.96. The second kappa shape index (κ2) is 10.4. The van der Waals surface area contributed by atoms with Gasteiger partial charge in [-0.2, -0.15) is 0 Å². The molecule has 0 N–H and O–H groups in total. The van der Waals surface area contributed by atoms with Crippen molar-refractivity contribution in [3.8, 4) is 0 Å². The molecule has 0 aliphatic heterocycles. The molecule has 0 unspecified atom stereocenters. The monoisotopic (exact) mass is 746 g/mol. The van der Waals surface area contributed by atoms with Crippen molar-refractivity contribution in [2.45, 2.75) is 19.3 Å². The fraction of sp³-hybridized carbons (Fsp3) is 0.0732. The normalized spacial score (nSPS) is 16.2. The molecule has 4 aromatic carbocycles. The Morgan fingerprint density at radius 3 is 1.42 bits per heavy atom. The standard InChI is InChI=1S/C41H18F4O4S3/c1-41(2)19(11-25-34(46)21-3-15-7-27(42)28(43)8-16(15)4-22(21)35(25)47)12-31-33(41)39-40(51-31)38-32(52-39)14-20(50-38)13-26-36(48)23-5-17-9-29(44)30(45)10-18(17)6-24(23)37(26)49/h3-14H,1-2H3. The summed E-state index contributed by atoms with van der Waals surface area (Å²) >= 11 is 4.64. The number of halogens is 4. The van der Waals surface area contributed by atoms with E-state index in [0.29, 0.717) is 21.5 Å². The maximum absolute atomic E-state index is 13.9. The van der Waals surface area contributed by atoms with Crippen molar-refractivity contribution in [1.82, 2.24) is 0 Å². The van der Waals surface area contributed by atoms with Gasteiger partial charge in [0.1, 0.15) is 0 Å². The van der Waals surface area contributed by atoms with Crippen molar-refractivity contribution in [1.29, 1.82) is 0 Å². The zero-order valence-corrected chi connectivity index (χ0v) is 29.2. The Morgan fingerprint density at radius 1 is 0.519 bits per heavy atom. The van der Waals surface area contributed by atoms with Gasteiger partial charge in [-0.1, -0.05) is 13.8 Å². The van der Waals surface area contributed by atoms with Crippen molar-refractivity contribution in [2.75, 3.05) is 0 Å². The van der Waals surface area contributed by atoms with Gasteiger partial charge in [-0.15, -0.1) is 34.0 Å². The Morgan fingerprint density at radius 2 is 0.962 bits per heavy atom. The number of thiophene rings is 3. The van der Waals surface area contributed by atoms with E-state index >= 15 is 0 Å². The van der Waals surface area contributed by atoms with Crippen molar-refractivity contribution >= 4 is 110 Å². The van der Waals surface area contributed by atoms with Crippen molar-refractivity contribution in [3.63, 3.8) is 0 Å². The van der Waals surface area contributed by atoms with E-state index in [-0.39, 0.29) is 33.4 Å². The van der Waals surface area contributed by atoms with Gasteiger partial charge in [0, 0.05) is 42.1 Å². The third-order valence-corrected chi connectivity index (χ3v) is 14.0. The van der Waals surface area contributed by atoms with Crippen LogP contribution in [0.5, 0.6) is 0 Å². The number of carbonyl (C=O) groups is 4. The third kappa shape index (κ3) is 4.18. The number of rotatable bonds is 2. The maximum atomic E-state index is 13.9. The van der Waals surface area contributed by atoms with Gasteiger partial charge in [-0.05, 0) is 106 Å². The zero-order chi connectivity index (χ0) is 36.1. The number of hydrogen-bond donors (Lipinski definition) is 0. The molecule has 3 heterocycles. The lowest BCUT2D eigenvalue weighted by atomic mass is 9.81. The second-order valence-corrected chi connectivity index (χ2v) is 16.8. The fourth-order valence-corrected chi connectivity index (χ4v) is 12.0. The van der Waals surface area contributed by atoms with Crippen LogP contribution in [0.3, 0.4) is 0 Å². The van der Waals surface area contributed by atoms with Crippen molar-refractivity contribution in [2.24, 2.45) is 0 Å². The first-order valence-electron chi connectivity index (χ1n) is 16.0. The van der Waals surface area contributed by atoms with E-state index in [9.17, 15) is 36.7 Å². The van der Waals surface area contributed by atoms with E-state index in [0.717, 1.165) is 64.0 Å². The number of Topliss-reactive ketones (excluding diaryl/α,β-unsaturated/α-hetero) is 4. The van der Waals surface area contributed by atoms with Gasteiger partial charge < -0.3 is 0 Å². The van der Waals surface area contributed by atoms with Crippen LogP contribution >= 0.6 is 34.0 Å². The van der Waals surface area contributed by atoms with Gasteiger partial charge in [0.25, 0.3) is 0 Å². The summed E-state index contributed by atoms with van der Waals surface area (Å²) in [6.45, 7) is 4.07. The molecule has 52 heavy (non-hydrogen) atoms. The van der Waals surface area contributed by atoms with Crippen LogP contribution in [0, 0.1) is 23.3 Å². The molecule has 252 valence electrons. The molecule has 0 amide bonds. The molecule has 0 saturated heterocycles. The Bertz CT molecular complexity index is 2930. The van der Waals surface area contributed by atoms with Crippen LogP contribution in [0.4, 0.5) is 17.6 Å². The molecule has 4 nitrogen and oxygen atoms in total. The number of allylic oxidation sites excluding steroid dienone is 4. The predicted molar refractivity (Wildman–Crippen MR) is 197 cm³/mol. The highest BCUT2D eigenvalue weighted by Crippen LogP contribution is 2.55. The number of ketones is 4. The lowest BCUT2D eigenvalue weighted by Crippen LogP contribution is -2.16. The molecule has 11 heteroatoms. The molecule has 0 atom stereocenters. The van der Waals surface area contributed by atoms with E-state index in [1.165, 1.54) is 35.6 Å². The van der Waals surface area contributed by atoms with Gasteiger partial charge in [-0.3, -0.25) is 19.2 Å². The predicted octanol–water partition coefficient (Wildman–Crippen LogP) is 11.2. The van der Waals surface area contributed by atoms with Crippen LogP contribution in [-0.2, 0) is 5.41 Å². The minimum absolute atomic E-state index is 0.00241. The molecule has 7 aromatic rings. The molecular weight excluding hydrogens is 729 g/mol. The molecule has 3 aromatic heterocycles. The van der Waals surface area contributed by atoms with Crippen LogP contribution < -0.4 is 0 Å². The summed E-state index contributed by atoms with van der Waals surface area (Å²) in [6, 6.07) is 11.7. The minimum Gasteiger partial charge on any atom is -0.288 e. The number of carbonyl (C=O) groups excluding carboxylic acids is 4. The summed E-state index contributed by atoms with van der Waals surface area (Å²) in [5, 5.41) is 1.32. The quantitative estimate of drug-likeness (QED) is 0.100. The Hall–Kier alpha value is -5.36. The summed E-state index contributed by atoms with van der Waals surface area (Å²) < 4.78 is 59.7. The van der Waals surface area contributed by atoms with Gasteiger partial charge in [0.05, 0.1) is 25.2 Å². The molecular formula is C41H18F4O4S3. The Labute approximate surface area is 302 Å². The first kappa shape index (κ1) is 31.4. The van der Waals surface area contributed by atoms with Gasteiger partial charge in [0.15, 0.2) is 46.4 Å². The molecule has 10 rings (SSSR count). The topological polar surface area (TPSA) is 68.3 Å². The van der Waals surface area contributed by atoms with Gasteiger partial charge in [0.2, 0.25) is 0 Å². The van der Waals surface area contributed by atoms with E-state index in [4.69, 9.17) is 0 Å². The fourth-order valence-electron chi connectivity index (χ4n) is 7.55. The molecule has 0 radical (unpaired) electrons. The molecule has 0 bridgehead atoms. The van der Waals surface area contributed by atoms with Gasteiger partial charge in [-0.25, -0.2) is 17.6 Å². The first-order valence-corrected chi connectivity index (χ1v) is 18.4. The highest BCUT2D eigenvalue weighted by Gasteiger charge is 2.40. The minimum atomic E-state index is -1.03. The zero-order valence-electron chi connectivity index (χ0n) is 26.8. The molecule has 0 spiro atoms. The lowest BCUT2D eigenvalue weighted by molar-refractivity contribution is 0.0974. The van der Waals surface area contributed by atoms with Gasteiger partial charge >= 0.3 is 0 Å². The SMILES string of the molecule is CC1(C)C(C=C2C(=O)c3cc4cc(F)c(F)cc4cc3C2=O)=Cc2sc3c(sc4cc(C=C5C(=O)c6cc7cc(F)c(F)cc7cc6C5=O)sc43)c21. The summed E-state index contributed by atoms with van der Waals surface area (Å²) in [6.07, 6.45) is 5.21. The lowest BCUT2D eigenvalue weighted by Gasteiger charge is -2.22. The van der Waals surface area contributed by atoms with Crippen molar-refractivity contribution < 1.29 is 36.7 Å². The van der Waals surface area contributed by atoms with Crippen LogP contribution in [-0.4, -0.2) is 23.1 Å². The highest BCUT2D eigenvalue weighted by molar-refractivity contribution is 7.39. The largest absolute Gasteiger partial charge is 0.288 e. The maximum Gasteiger partial charge on any atom is 0.197 e. The summed E-state index contributed by atoms with van der Waals surface area (Å²) in [4.78, 5) is 55.4. The number of fused-ring (bicyclic) bond motifs is 9. The summed E-state index contributed by atoms with van der Waals surface area (Å²) in [5.74, 6) is -5.97. The Kier molecular flexibility index (Phi) is 6.26. The number of benzene rings is 4. The van der Waals surface area contributed by atoms with Crippen LogP contribution in [0.2, 0.25) is 0 Å². The second-order valence-electron chi connectivity index (χ2n) is 13.6. The van der Waals surface area contributed by atoms with E-state index in [1.807, 2.05) is 26.0 Å². The molecule has 3 aliphatic carbocycles. The highest BCUT2D eigenvalue weighted by atomic mass is 32.1. The van der Waals surface area contributed by atoms with E-state index in [1.54, 1.807) is 34.8 Å². The van der Waals surface area contributed by atoms with Crippen molar-refractivity contribution in [3.05, 3.63) is 138 Å². The third-order valence-electron chi connectivity index (χ3n) is 10.2. The number of hydrogen-bond acceptors (Lipinski definition) is 7. The van der Waals surface area contributed by atoms with E-state index in [2.05, 4.69) is 0 Å². The molecule has 0 saturated carbocycles. The van der Waals surface area contributed by atoms with Crippen LogP contribution in [0.15, 0.2) is 77.4 Å². The first-order chi connectivity index (χ1) is 24.8. The van der Waals surface area contributed by atoms with Crippen LogP contribution in [0.1, 0.15) is 70.6 Å². The average molecular weight is 747 g/mol.